The molecule has 0 aliphatic carbocycles. The number of aromatic amines is 2. The predicted molar refractivity (Wildman–Crippen MR) is 38.3 cm³/mol. The van der Waals surface area contributed by atoms with Crippen molar-refractivity contribution >= 4 is 10.3 Å². The molecule has 0 spiro atoms. The van der Waals surface area contributed by atoms with Crippen molar-refractivity contribution in [2.45, 2.75) is 6.92 Å². The SMILES string of the molecule is Cc1cc(=O)[nH]c(=S(=O)=O)[nH]1. The molecule has 0 fully saturated rings. The van der Waals surface area contributed by atoms with Gasteiger partial charge in [0.1, 0.15) is 0 Å². The number of aromatic nitrogens is 2. The minimum Gasteiger partial charge on any atom is -0.332 e. The molecule has 1 aromatic rings. The first kappa shape index (κ1) is 7.80. The fourth-order valence-electron chi connectivity index (χ4n) is 0.674. The quantitative estimate of drug-likeness (QED) is 0.516. The van der Waals surface area contributed by atoms with Crippen LogP contribution in [0.15, 0.2) is 10.9 Å². The molecule has 2 N–H and O–H groups in total. The molecule has 5 nitrogen and oxygen atoms in total. The molecule has 0 aromatic carbocycles. The molecule has 6 heteroatoms. The monoisotopic (exact) mass is 174 g/mol. The van der Waals surface area contributed by atoms with E-state index in [0.717, 1.165) is 0 Å². The second kappa shape index (κ2) is 2.75. The van der Waals surface area contributed by atoms with Crippen molar-refractivity contribution in [3.05, 3.63) is 26.9 Å². The maximum atomic E-state index is 10.7. The third kappa shape index (κ3) is 1.81. The molecule has 0 atom stereocenters. The Bertz CT molecular complexity index is 471. The summed E-state index contributed by atoms with van der Waals surface area (Å²) in [4.78, 5) is 15.3. The maximum absolute atomic E-state index is 10.7. The minimum atomic E-state index is -2.41. The van der Waals surface area contributed by atoms with Gasteiger partial charge in [-0.05, 0) is 6.92 Å². The lowest BCUT2D eigenvalue weighted by Crippen LogP contribution is -2.07. The smallest absolute Gasteiger partial charge is 0.256 e. The van der Waals surface area contributed by atoms with Crippen LogP contribution in [0.25, 0.3) is 0 Å². The van der Waals surface area contributed by atoms with Crippen LogP contribution in [-0.4, -0.2) is 18.4 Å². The highest BCUT2D eigenvalue weighted by atomic mass is 32.2. The van der Waals surface area contributed by atoms with Crippen LogP contribution in [0.1, 0.15) is 5.69 Å². The summed E-state index contributed by atoms with van der Waals surface area (Å²) >= 11 is 0. The molecule has 11 heavy (non-hydrogen) atoms. The van der Waals surface area contributed by atoms with E-state index < -0.39 is 15.9 Å². The van der Waals surface area contributed by atoms with Crippen LogP contribution in [0, 0.1) is 11.7 Å². The molecule has 0 radical (unpaired) electrons. The summed E-state index contributed by atoms with van der Waals surface area (Å²) in [6.07, 6.45) is 0. The Hall–Kier alpha value is -1.30. The van der Waals surface area contributed by atoms with E-state index in [1.165, 1.54) is 6.07 Å². The summed E-state index contributed by atoms with van der Waals surface area (Å²) in [6, 6.07) is 1.27. The normalized spacial score (nSPS) is 9.55. The molecule has 1 rings (SSSR count). The highest BCUT2D eigenvalue weighted by molar-refractivity contribution is 7.63. The summed E-state index contributed by atoms with van der Waals surface area (Å²) < 4.78 is 20.4. The standard InChI is InChI=1S/C5H6N2O3S/c1-3-2-4(8)7-5(6-3)11(9)10/h2,6H,1H3,(H,7,8). The number of hydrogen-bond acceptors (Lipinski definition) is 3. The summed E-state index contributed by atoms with van der Waals surface area (Å²) in [5.41, 5.74) is 0.0772. The molecule has 1 aromatic heterocycles. The first-order valence-corrected chi connectivity index (χ1v) is 3.89. The van der Waals surface area contributed by atoms with Crippen molar-refractivity contribution in [3.8, 4) is 0 Å². The van der Waals surface area contributed by atoms with Crippen LogP contribution in [0.4, 0.5) is 0 Å². The van der Waals surface area contributed by atoms with Gasteiger partial charge in [-0.3, -0.25) is 9.78 Å². The Kier molecular flexibility index (Phi) is 1.95. The molecule has 0 amide bonds. The summed E-state index contributed by atoms with van der Waals surface area (Å²) in [6.45, 7) is 1.60. The second-order valence-corrected chi connectivity index (χ2v) is 2.88. The molecule has 0 saturated carbocycles. The molecular weight excluding hydrogens is 168 g/mol. The molecule has 0 saturated heterocycles. The second-order valence-electron chi connectivity index (χ2n) is 2.01. The van der Waals surface area contributed by atoms with Gasteiger partial charge in [0, 0.05) is 11.8 Å². The van der Waals surface area contributed by atoms with Gasteiger partial charge in [0.25, 0.3) is 15.9 Å². The first-order chi connectivity index (χ1) is 5.09. The van der Waals surface area contributed by atoms with Gasteiger partial charge in [-0.1, -0.05) is 0 Å². The molecule has 0 aliphatic heterocycles. The van der Waals surface area contributed by atoms with Gasteiger partial charge in [-0.2, -0.15) is 8.42 Å². The zero-order valence-electron chi connectivity index (χ0n) is 5.71. The van der Waals surface area contributed by atoms with Crippen molar-refractivity contribution in [3.63, 3.8) is 0 Å². The Labute approximate surface area is 63.3 Å². The lowest BCUT2D eigenvalue weighted by Gasteiger charge is -1.87. The van der Waals surface area contributed by atoms with E-state index in [1.807, 2.05) is 0 Å². The third-order valence-corrected chi connectivity index (χ3v) is 1.60. The van der Waals surface area contributed by atoms with Crippen molar-refractivity contribution < 1.29 is 8.42 Å². The van der Waals surface area contributed by atoms with E-state index >= 15 is 0 Å². The van der Waals surface area contributed by atoms with Gasteiger partial charge in [-0.15, -0.1) is 0 Å². The summed E-state index contributed by atoms with van der Waals surface area (Å²) in [5, 5.41) is 0. The number of rotatable bonds is 0. The Balaban J connectivity index is 3.85. The van der Waals surface area contributed by atoms with Crippen molar-refractivity contribution in [1.82, 2.24) is 9.97 Å². The van der Waals surface area contributed by atoms with E-state index in [4.69, 9.17) is 0 Å². The molecule has 0 unspecified atom stereocenters. The lowest BCUT2D eigenvalue weighted by molar-refractivity contribution is 0.623. The summed E-state index contributed by atoms with van der Waals surface area (Å²) in [5.74, 6) is 0. The van der Waals surface area contributed by atoms with E-state index in [2.05, 4.69) is 9.97 Å². The number of nitrogens with one attached hydrogen (secondary N) is 2. The van der Waals surface area contributed by atoms with Crippen LogP contribution >= 0.6 is 0 Å². The zero-order valence-corrected chi connectivity index (χ0v) is 6.53. The Morgan fingerprint density at radius 1 is 1.36 bits per heavy atom. The van der Waals surface area contributed by atoms with E-state index in [-0.39, 0.29) is 4.77 Å². The number of hydrogen-bond donors (Lipinski definition) is 2. The van der Waals surface area contributed by atoms with Gasteiger partial charge in [0.2, 0.25) is 4.77 Å². The zero-order chi connectivity index (χ0) is 8.43. The highest BCUT2D eigenvalue weighted by Gasteiger charge is 1.87. The van der Waals surface area contributed by atoms with Crippen LogP contribution in [0.3, 0.4) is 0 Å². The fourth-order valence-corrected chi connectivity index (χ4v) is 1.10. The van der Waals surface area contributed by atoms with Crippen molar-refractivity contribution in [1.29, 1.82) is 0 Å². The van der Waals surface area contributed by atoms with Gasteiger partial charge >= 0.3 is 0 Å². The van der Waals surface area contributed by atoms with E-state index in [0.29, 0.717) is 5.69 Å². The first-order valence-electron chi connectivity index (χ1n) is 2.82. The van der Waals surface area contributed by atoms with Gasteiger partial charge in [-0.25, -0.2) is 0 Å². The molecule has 0 bridgehead atoms. The maximum Gasteiger partial charge on any atom is 0.256 e. The summed E-state index contributed by atoms with van der Waals surface area (Å²) in [7, 11) is -2.41. The average molecular weight is 174 g/mol. The van der Waals surface area contributed by atoms with Gasteiger partial charge in [0.15, 0.2) is 0 Å². The highest BCUT2D eigenvalue weighted by Crippen LogP contribution is 1.80. The Morgan fingerprint density at radius 2 is 2.00 bits per heavy atom. The molecular formula is C5H6N2O3S. The predicted octanol–water partition coefficient (Wildman–Crippen LogP) is -0.577. The number of H-pyrrole nitrogens is 2. The molecule has 60 valence electrons. The van der Waals surface area contributed by atoms with Crippen LogP contribution in [-0.2, 0) is 10.3 Å². The molecule has 1 heterocycles. The van der Waals surface area contributed by atoms with Crippen LogP contribution in [0.5, 0.6) is 0 Å². The van der Waals surface area contributed by atoms with Crippen molar-refractivity contribution in [2.24, 2.45) is 0 Å². The fraction of sp³-hybridized carbons (Fsp3) is 0.200. The van der Waals surface area contributed by atoms with Crippen LogP contribution in [0.2, 0.25) is 0 Å². The Morgan fingerprint density at radius 3 is 2.45 bits per heavy atom. The lowest BCUT2D eigenvalue weighted by atomic mass is 10.5. The third-order valence-electron chi connectivity index (χ3n) is 1.06. The molecule has 0 aliphatic rings. The topological polar surface area (TPSA) is 82.8 Å². The van der Waals surface area contributed by atoms with E-state index in [1.54, 1.807) is 6.92 Å². The average Bonchev–Trinajstić information content (AvgIpc) is 1.85. The van der Waals surface area contributed by atoms with Crippen molar-refractivity contribution in [2.75, 3.05) is 0 Å². The van der Waals surface area contributed by atoms with Gasteiger partial charge < -0.3 is 4.98 Å². The number of aryl methyl sites for hydroxylation is 1. The van der Waals surface area contributed by atoms with E-state index in [9.17, 15) is 13.2 Å². The van der Waals surface area contributed by atoms with Crippen LogP contribution < -0.4 is 5.56 Å². The van der Waals surface area contributed by atoms with Gasteiger partial charge in [0.05, 0.1) is 0 Å². The largest absolute Gasteiger partial charge is 0.332 e. The minimum absolute atomic E-state index is 0.199.